The molecule has 8 nitrogen and oxygen atoms in total. The second-order valence-electron chi connectivity index (χ2n) is 9.67. The molecule has 2 heterocycles. The van der Waals surface area contributed by atoms with Gasteiger partial charge in [0.25, 0.3) is 5.91 Å². The molecule has 0 bridgehead atoms. The number of hydrogen-bond acceptors (Lipinski definition) is 7. The van der Waals surface area contributed by atoms with Crippen molar-refractivity contribution >= 4 is 45.2 Å². The molecule has 1 amide bonds. The number of allylic oxidation sites excluding steroid dienone is 1. The summed E-state index contributed by atoms with van der Waals surface area (Å²) in [5.74, 6) is 2.45. The van der Waals surface area contributed by atoms with E-state index in [1.54, 1.807) is 23.6 Å². The van der Waals surface area contributed by atoms with Gasteiger partial charge in [0.05, 0.1) is 12.7 Å². The van der Waals surface area contributed by atoms with Crippen molar-refractivity contribution in [2.75, 3.05) is 23.5 Å². The van der Waals surface area contributed by atoms with Crippen LogP contribution in [-0.4, -0.2) is 33.5 Å². The molecule has 0 saturated carbocycles. The minimum absolute atomic E-state index is 0.215. The van der Waals surface area contributed by atoms with Gasteiger partial charge < -0.3 is 20.1 Å². The predicted molar refractivity (Wildman–Crippen MR) is 167 cm³/mol. The summed E-state index contributed by atoms with van der Waals surface area (Å²) in [6.45, 7) is 6.38. The number of benzene rings is 3. The highest BCUT2D eigenvalue weighted by atomic mass is 79.9. The second-order valence-corrected chi connectivity index (χ2v) is 11.6. The topological polar surface area (TPSA) is 90.3 Å². The Bertz CT molecular complexity index is 1590. The first kappa shape index (κ1) is 28.8. The number of rotatable bonds is 10. The Kier molecular flexibility index (Phi) is 8.99. The third-order valence-electron chi connectivity index (χ3n) is 6.72. The first-order chi connectivity index (χ1) is 19.9. The minimum Gasteiger partial charge on any atom is -0.493 e. The molecular weight excluding hydrogens is 602 g/mol. The van der Waals surface area contributed by atoms with E-state index in [-0.39, 0.29) is 5.91 Å². The maximum atomic E-state index is 13.9. The van der Waals surface area contributed by atoms with Crippen LogP contribution in [0.15, 0.2) is 87.6 Å². The number of hydrogen-bond donors (Lipinski definition) is 2. The molecule has 1 aliphatic heterocycles. The lowest BCUT2D eigenvalue weighted by molar-refractivity contribution is -0.113. The molecule has 2 N–H and O–H groups in total. The average Bonchev–Trinajstić information content (AvgIpc) is 3.38. The van der Waals surface area contributed by atoms with Crippen LogP contribution >= 0.6 is 27.7 Å². The third-order valence-corrected chi connectivity index (χ3v) is 8.29. The largest absolute Gasteiger partial charge is 0.493 e. The Hall–Kier alpha value is -3.76. The van der Waals surface area contributed by atoms with E-state index in [2.05, 4.69) is 33.5 Å². The van der Waals surface area contributed by atoms with Gasteiger partial charge in [0.2, 0.25) is 11.1 Å². The number of carbonyl (C=O) groups excluding carboxylic acids is 1. The van der Waals surface area contributed by atoms with Crippen molar-refractivity contribution in [1.29, 1.82) is 0 Å². The monoisotopic (exact) mass is 633 g/mol. The van der Waals surface area contributed by atoms with Gasteiger partial charge in [0, 0.05) is 21.6 Å². The lowest BCUT2D eigenvalue weighted by Gasteiger charge is -2.29. The molecule has 0 aliphatic carbocycles. The second kappa shape index (κ2) is 12.8. The number of fused-ring (bicyclic) bond motifs is 1. The number of para-hydroxylation sites is 1. The molecule has 0 saturated heterocycles. The quantitative estimate of drug-likeness (QED) is 0.176. The summed E-state index contributed by atoms with van der Waals surface area (Å²) in [7, 11) is 1.61. The fourth-order valence-electron chi connectivity index (χ4n) is 4.61. The lowest BCUT2D eigenvalue weighted by atomic mass is 9.94. The molecule has 1 atom stereocenters. The summed E-state index contributed by atoms with van der Waals surface area (Å²) in [6, 6.07) is 20.9. The van der Waals surface area contributed by atoms with Crippen molar-refractivity contribution in [1.82, 2.24) is 14.8 Å². The van der Waals surface area contributed by atoms with Crippen molar-refractivity contribution in [2.24, 2.45) is 0 Å². The van der Waals surface area contributed by atoms with Gasteiger partial charge in [0.15, 0.2) is 11.5 Å². The van der Waals surface area contributed by atoms with E-state index in [9.17, 15) is 4.79 Å². The highest BCUT2D eigenvalue weighted by molar-refractivity contribution is 9.10. The first-order valence-corrected chi connectivity index (χ1v) is 15.1. The SMILES string of the molecule is CCCSc1nc2n(n1)C(c1ccc(OCc3ccc(Br)cc3)c(OC)c1)C(C(=O)Nc1ccccc1C)=C(C)N2. The van der Waals surface area contributed by atoms with Gasteiger partial charge in [-0.15, -0.1) is 5.10 Å². The van der Waals surface area contributed by atoms with E-state index in [0.717, 1.165) is 39.0 Å². The first-order valence-electron chi connectivity index (χ1n) is 13.4. The number of ether oxygens (including phenoxy) is 2. The van der Waals surface area contributed by atoms with Crippen LogP contribution in [0.4, 0.5) is 11.6 Å². The molecular formula is C31H32BrN5O3S. The Morgan fingerprint density at radius 1 is 1.10 bits per heavy atom. The zero-order valence-electron chi connectivity index (χ0n) is 23.4. The number of aromatic nitrogens is 3. The van der Waals surface area contributed by atoms with E-state index in [0.29, 0.717) is 40.5 Å². The predicted octanol–water partition coefficient (Wildman–Crippen LogP) is 7.37. The molecule has 1 aliphatic rings. The van der Waals surface area contributed by atoms with Crippen LogP contribution in [0.25, 0.3) is 0 Å². The molecule has 5 rings (SSSR count). The highest BCUT2D eigenvalue weighted by Crippen LogP contribution is 2.40. The molecule has 0 spiro atoms. The van der Waals surface area contributed by atoms with Gasteiger partial charge in [-0.25, -0.2) is 4.68 Å². The molecule has 10 heteroatoms. The van der Waals surface area contributed by atoms with Gasteiger partial charge in [-0.2, -0.15) is 4.98 Å². The van der Waals surface area contributed by atoms with Gasteiger partial charge in [0.1, 0.15) is 12.6 Å². The summed E-state index contributed by atoms with van der Waals surface area (Å²) < 4.78 is 14.7. The van der Waals surface area contributed by atoms with Crippen LogP contribution in [0.2, 0.25) is 0 Å². The standard InChI is InChI=1S/C31H32BrN5O3S/c1-5-16-41-31-35-30-33-20(3)27(29(38)34-24-9-7-6-8-19(24)2)28(37(30)36-31)22-12-15-25(26(17-22)39-4)40-18-21-10-13-23(32)14-11-21/h6-15,17,28H,5,16,18H2,1-4H3,(H,34,38)(H,33,35,36). The number of anilines is 2. The average molecular weight is 635 g/mol. The lowest BCUT2D eigenvalue weighted by Crippen LogP contribution is -2.31. The molecule has 1 unspecified atom stereocenters. The number of carbonyl (C=O) groups is 1. The van der Waals surface area contributed by atoms with Crippen molar-refractivity contribution in [2.45, 2.75) is 45.0 Å². The van der Waals surface area contributed by atoms with Crippen LogP contribution in [0.5, 0.6) is 11.5 Å². The van der Waals surface area contributed by atoms with E-state index >= 15 is 0 Å². The maximum absolute atomic E-state index is 13.9. The zero-order valence-corrected chi connectivity index (χ0v) is 25.8. The maximum Gasteiger partial charge on any atom is 0.255 e. The van der Waals surface area contributed by atoms with Crippen LogP contribution in [0.1, 0.15) is 43.0 Å². The molecule has 0 radical (unpaired) electrons. The van der Waals surface area contributed by atoms with Gasteiger partial charge in [-0.3, -0.25) is 4.79 Å². The normalized spacial score (nSPS) is 14.3. The molecule has 1 aromatic heterocycles. The Morgan fingerprint density at radius 3 is 2.61 bits per heavy atom. The highest BCUT2D eigenvalue weighted by Gasteiger charge is 2.35. The summed E-state index contributed by atoms with van der Waals surface area (Å²) in [4.78, 5) is 18.6. The Balaban J connectivity index is 1.51. The van der Waals surface area contributed by atoms with Crippen LogP contribution < -0.4 is 20.1 Å². The number of thioether (sulfide) groups is 1. The number of nitrogens with one attached hydrogen (secondary N) is 2. The van der Waals surface area contributed by atoms with E-state index in [4.69, 9.17) is 19.6 Å². The number of methoxy groups -OCH3 is 1. The van der Waals surface area contributed by atoms with Crippen LogP contribution in [0.3, 0.4) is 0 Å². The van der Waals surface area contributed by atoms with Crippen molar-refractivity contribution < 1.29 is 14.3 Å². The van der Waals surface area contributed by atoms with Gasteiger partial charge in [-0.05, 0) is 67.3 Å². The van der Waals surface area contributed by atoms with E-state index in [1.165, 1.54) is 0 Å². The van der Waals surface area contributed by atoms with Crippen molar-refractivity contribution in [3.8, 4) is 11.5 Å². The number of nitrogens with zero attached hydrogens (tertiary/aromatic N) is 3. The fraction of sp³-hybridized carbons (Fsp3) is 0.258. The van der Waals surface area contributed by atoms with Crippen molar-refractivity contribution in [3.63, 3.8) is 0 Å². The van der Waals surface area contributed by atoms with Crippen LogP contribution in [0, 0.1) is 6.92 Å². The van der Waals surface area contributed by atoms with Gasteiger partial charge >= 0.3 is 0 Å². The summed E-state index contributed by atoms with van der Waals surface area (Å²) in [5, 5.41) is 11.9. The van der Waals surface area contributed by atoms with E-state index < -0.39 is 6.04 Å². The summed E-state index contributed by atoms with van der Waals surface area (Å²) in [6.07, 6.45) is 1.01. The summed E-state index contributed by atoms with van der Waals surface area (Å²) >= 11 is 5.06. The van der Waals surface area contributed by atoms with Gasteiger partial charge in [-0.1, -0.05) is 71.0 Å². The molecule has 41 heavy (non-hydrogen) atoms. The molecule has 4 aromatic rings. The van der Waals surface area contributed by atoms with Crippen molar-refractivity contribution in [3.05, 3.63) is 99.2 Å². The smallest absolute Gasteiger partial charge is 0.255 e. The Morgan fingerprint density at radius 2 is 1.88 bits per heavy atom. The van der Waals surface area contributed by atoms with Crippen LogP contribution in [-0.2, 0) is 11.4 Å². The third kappa shape index (κ3) is 6.44. The Labute approximate surface area is 252 Å². The van der Waals surface area contributed by atoms with E-state index in [1.807, 2.05) is 80.6 Å². The minimum atomic E-state index is -0.534. The molecule has 3 aromatic carbocycles. The number of amides is 1. The zero-order chi connectivity index (χ0) is 28.9. The number of aryl methyl sites for hydroxylation is 1. The number of halogens is 1. The molecule has 212 valence electrons. The molecule has 0 fully saturated rings. The fourth-order valence-corrected chi connectivity index (χ4v) is 5.55. The summed E-state index contributed by atoms with van der Waals surface area (Å²) in [5.41, 5.74) is 4.86.